The number of amides is 2. The highest BCUT2D eigenvalue weighted by molar-refractivity contribution is 9.10. The van der Waals surface area contributed by atoms with Gasteiger partial charge in [-0.3, -0.25) is 14.3 Å². The molecule has 1 aliphatic carbocycles. The molecule has 0 radical (unpaired) electrons. The molecular formula is C21H25BrN4O2. The molecule has 6 nitrogen and oxygen atoms in total. The largest absolute Gasteiger partial charge is 0.352 e. The van der Waals surface area contributed by atoms with Gasteiger partial charge in [0.2, 0.25) is 5.91 Å². The van der Waals surface area contributed by atoms with E-state index in [9.17, 15) is 9.59 Å². The van der Waals surface area contributed by atoms with Crippen LogP contribution in [-0.2, 0) is 11.8 Å². The molecule has 4 rings (SSSR count). The maximum atomic E-state index is 12.8. The molecule has 1 aromatic heterocycles. The van der Waals surface area contributed by atoms with Gasteiger partial charge in [0.25, 0.3) is 5.91 Å². The van der Waals surface area contributed by atoms with Crippen LogP contribution in [-0.4, -0.2) is 46.1 Å². The van der Waals surface area contributed by atoms with Crippen molar-refractivity contribution in [3.63, 3.8) is 0 Å². The highest BCUT2D eigenvalue weighted by Crippen LogP contribution is 2.49. The van der Waals surface area contributed by atoms with Gasteiger partial charge in [0.1, 0.15) is 0 Å². The lowest BCUT2D eigenvalue weighted by molar-refractivity contribution is -0.134. The number of rotatable bonds is 5. The van der Waals surface area contributed by atoms with Crippen molar-refractivity contribution in [2.24, 2.45) is 18.9 Å². The summed E-state index contributed by atoms with van der Waals surface area (Å²) >= 11 is 3.51. The second-order valence-corrected chi connectivity index (χ2v) is 8.80. The third-order valence-electron chi connectivity index (χ3n) is 5.83. The van der Waals surface area contributed by atoms with E-state index >= 15 is 0 Å². The van der Waals surface area contributed by atoms with Crippen molar-refractivity contribution >= 4 is 27.7 Å². The van der Waals surface area contributed by atoms with Crippen molar-refractivity contribution in [3.8, 4) is 0 Å². The minimum Gasteiger partial charge on any atom is -0.352 e. The van der Waals surface area contributed by atoms with Gasteiger partial charge in [-0.25, -0.2) is 0 Å². The zero-order valence-corrected chi connectivity index (χ0v) is 17.6. The van der Waals surface area contributed by atoms with Gasteiger partial charge in [0.05, 0.1) is 11.8 Å². The van der Waals surface area contributed by atoms with Crippen LogP contribution in [0.5, 0.6) is 0 Å². The van der Waals surface area contributed by atoms with Crippen LogP contribution in [0.25, 0.3) is 0 Å². The fourth-order valence-corrected chi connectivity index (χ4v) is 4.46. The molecule has 2 atom stereocenters. The Kier molecular flexibility index (Phi) is 5.53. The Balaban J connectivity index is 1.22. The molecule has 7 heteroatoms. The first-order valence-corrected chi connectivity index (χ1v) is 10.6. The third-order valence-corrected chi connectivity index (χ3v) is 6.32. The number of aromatic nitrogens is 2. The Hall–Kier alpha value is -2.15. The first-order chi connectivity index (χ1) is 13.5. The summed E-state index contributed by atoms with van der Waals surface area (Å²) in [5.41, 5.74) is 1.84. The molecule has 1 aliphatic heterocycles. The molecule has 1 aromatic carbocycles. The van der Waals surface area contributed by atoms with Crippen molar-refractivity contribution in [3.05, 3.63) is 52.3 Å². The minimum atomic E-state index is -0.0820. The van der Waals surface area contributed by atoms with Crippen molar-refractivity contribution in [1.29, 1.82) is 0 Å². The van der Waals surface area contributed by atoms with Crippen molar-refractivity contribution in [2.45, 2.75) is 25.2 Å². The number of benzene rings is 1. The summed E-state index contributed by atoms with van der Waals surface area (Å²) in [6.07, 6.45) is 6.12. The highest BCUT2D eigenvalue weighted by Gasteiger charge is 2.46. The number of aryl methyl sites for hydroxylation is 1. The SMILES string of the molecule is Cn1cc(C(=O)NCC2CCN(C(=O)C3CC3c3cccc(Br)c3)CC2)cn1. The molecule has 2 aromatic rings. The monoisotopic (exact) mass is 444 g/mol. The molecule has 1 saturated carbocycles. The lowest BCUT2D eigenvalue weighted by Gasteiger charge is -2.32. The molecule has 2 aliphatic rings. The maximum absolute atomic E-state index is 12.8. The number of halogens is 1. The van der Waals surface area contributed by atoms with Gasteiger partial charge in [-0.2, -0.15) is 5.10 Å². The van der Waals surface area contributed by atoms with Gasteiger partial charge in [0, 0.05) is 43.3 Å². The van der Waals surface area contributed by atoms with E-state index in [0.29, 0.717) is 29.9 Å². The van der Waals surface area contributed by atoms with E-state index in [1.54, 1.807) is 24.1 Å². The van der Waals surface area contributed by atoms with E-state index in [-0.39, 0.29) is 11.8 Å². The van der Waals surface area contributed by atoms with Crippen LogP contribution in [0.15, 0.2) is 41.1 Å². The molecule has 2 amide bonds. The van der Waals surface area contributed by atoms with Gasteiger partial charge in [0.15, 0.2) is 0 Å². The van der Waals surface area contributed by atoms with Crippen molar-refractivity contribution in [1.82, 2.24) is 20.0 Å². The summed E-state index contributed by atoms with van der Waals surface area (Å²) in [6.45, 7) is 2.22. The standard InChI is InChI=1S/C21H25BrN4O2/c1-25-13-16(12-24-25)20(27)23-11-14-5-7-26(8-6-14)21(28)19-10-18(19)15-3-2-4-17(22)9-15/h2-4,9,12-14,18-19H,5-8,10-11H2,1H3,(H,23,27). The fraction of sp³-hybridized carbons (Fsp3) is 0.476. The highest BCUT2D eigenvalue weighted by atomic mass is 79.9. The molecule has 28 heavy (non-hydrogen) atoms. The average Bonchev–Trinajstić information content (AvgIpc) is 3.39. The van der Waals surface area contributed by atoms with Crippen LogP contribution >= 0.6 is 15.9 Å². The summed E-state index contributed by atoms with van der Waals surface area (Å²) in [5, 5.41) is 7.02. The Bertz CT molecular complexity index is 873. The van der Waals surface area contributed by atoms with E-state index in [0.717, 1.165) is 36.8 Å². The van der Waals surface area contributed by atoms with Gasteiger partial charge in [-0.05, 0) is 48.8 Å². The summed E-state index contributed by atoms with van der Waals surface area (Å²) < 4.78 is 2.69. The molecule has 0 bridgehead atoms. The second-order valence-electron chi connectivity index (χ2n) is 7.89. The average molecular weight is 445 g/mol. The van der Waals surface area contributed by atoms with E-state index in [1.165, 1.54) is 5.56 Å². The Morgan fingerprint density at radius 2 is 2.07 bits per heavy atom. The summed E-state index contributed by atoms with van der Waals surface area (Å²) in [6, 6.07) is 8.28. The lowest BCUT2D eigenvalue weighted by Crippen LogP contribution is -2.42. The van der Waals surface area contributed by atoms with Crippen LogP contribution in [0.4, 0.5) is 0 Å². The smallest absolute Gasteiger partial charge is 0.254 e. The van der Waals surface area contributed by atoms with Crippen molar-refractivity contribution < 1.29 is 9.59 Å². The molecule has 1 N–H and O–H groups in total. The quantitative estimate of drug-likeness (QED) is 0.770. The number of hydrogen-bond acceptors (Lipinski definition) is 3. The number of nitrogens with zero attached hydrogens (tertiary/aromatic N) is 3. The topological polar surface area (TPSA) is 67.2 Å². The van der Waals surface area contributed by atoms with Crippen LogP contribution in [0, 0.1) is 11.8 Å². The lowest BCUT2D eigenvalue weighted by atomic mass is 9.96. The second kappa shape index (κ2) is 8.07. The Labute approximate surface area is 173 Å². The van der Waals surface area contributed by atoms with Crippen LogP contribution in [0.2, 0.25) is 0 Å². The molecule has 1 saturated heterocycles. The molecule has 2 unspecified atom stereocenters. The maximum Gasteiger partial charge on any atom is 0.254 e. The molecule has 0 spiro atoms. The van der Waals surface area contributed by atoms with Gasteiger partial charge in [-0.15, -0.1) is 0 Å². The number of hydrogen-bond donors (Lipinski definition) is 1. The van der Waals surface area contributed by atoms with Crippen LogP contribution < -0.4 is 5.32 Å². The first kappa shape index (κ1) is 19.2. The van der Waals surface area contributed by atoms with Gasteiger partial charge < -0.3 is 10.2 Å². The minimum absolute atomic E-state index is 0.0820. The van der Waals surface area contributed by atoms with Gasteiger partial charge in [-0.1, -0.05) is 28.1 Å². The number of likely N-dealkylation sites (tertiary alicyclic amines) is 1. The number of nitrogens with one attached hydrogen (secondary N) is 1. The summed E-state index contributed by atoms with van der Waals surface area (Å²) in [7, 11) is 1.80. The summed E-state index contributed by atoms with van der Waals surface area (Å²) in [5.74, 6) is 1.13. The molecule has 148 valence electrons. The molecule has 2 fully saturated rings. The normalized spacial score (nSPS) is 22.1. The first-order valence-electron chi connectivity index (χ1n) is 9.82. The van der Waals surface area contributed by atoms with Gasteiger partial charge >= 0.3 is 0 Å². The zero-order chi connectivity index (χ0) is 19.7. The van der Waals surface area contributed by atoms with E-state index < -0.39 is 0 Å². The van der Waals surface area contributed by atoms with E-state index in [1.807, 2.05) is 17.0 Å². The Morgan fingerprint density at radius 1 is 1.29 bits per heavy atom. The number of carbonyl (C=O) groups excluding carboxylic acids is 2. The summed E-state index contributed by atoms with van der Waals surface area (Å²) in [4.78, 5) is 27.0. The fourth-order valence-electron chi connectivity index (χ4n) is 4.04. The van der Waals surface area contributed by atoms with Crippen LogP contribution in [0.1, 0.15) is 41.1 Å². The van der Waals surface area contributed by atoms with E-state index in [4.69, 9.17) is 0 Å². The number of piperidine rings is 1. The zero-order valence-electron chi connectivity index (χ0n) is 16.0. The van der Waals surface area contributed by atoms with Crippen LogP contribution in [0.3, 0.4) is 0 Å². The predicted molar refractivity (Wildman–Crippen MR) is 110 cm³/mol. The number of carbonyl (C=O) groups is 2. The van der Waals surface area contributed by atoms with Crippen molar-refractivity contribution in [2.75, 3.05) is 19.6 Å². The predicted octanol–water partition coefficient (Wildman–Crippen LogP) is 2.95. The molecule has 2 heterocycles. The Morgan fingerprint density at radius 3 is 2.75 bits per heavy atom. The van der Waals surface area contributed by atoms with E-state index in [2.05, 4.69) is 38.5 Å². The third kappa shape index (κ3) is 4.29. The molecular weight excluding hydrogens is 420 g/mol.